The molecule has 3 aliphatic rings. The van der Waals surface area contributed by atoms with E-state index in [0.717, 1.165) is 53.9 Å². The van der Waals surface area contributed by atoms with Crippen LogP contribution >= 0.6 is 0 Å². The van der Waals surface area contributed by atoms with Crippen LogP contribution in [-0.2, 0) is 19.7 Å². The van der Waals surface area contributed by atoms with Crippen molar-refractivity contribution < 1.29 is 22.7 Å². The Balaban J connectivity index is 1.17. The molecule has 1 amide bonds. The van der Waals surface area contributed by atoms with E-state index in [0.29, 0.717) is 45.9 Å². The first-order chi connectivity index (χ1) is 17.4. The van der Waals surface area contributed by atoms with E-state index < -0.39 is 12.7 Å². The molecular weight excluding hydrogens is 469 g/mol. The predicted octanol–water partition coefficient (Wildman–Crippen LogP) is 3.65. The van der Waals surface area contributed by atoms with Crippen molar-refractivity contribution in [1.29, 1.82) is 0 Å². The molecule has 2 aromatic rings. The summed E-state index contributed by atoms with van der Waals surface area (Å²) in [6, 6.07) is 14.1. The van der Waals surface area contributed by atoms with Crippen molar-refractivity contribution >= 4 is 5.91 Å². The molecule has 0 radical (unpaired) electrons. The van der Waals surface area contributed by atoms with Crippen molar-refractivity contribution in [2.24, 2.45) is 0 Å². The van der Waals surface area contributed by atoms with Crippen LogP contribution in [0, 0.1) is 0 Å². The molecule has 3 heterocycles. The van der Waals surface area contributed by atoms with Crippen molar-refractivity contribution in [3.63, 3.8) is 0 Å². The number of hydrogen-bond acceptors (Lipinski definition) is 5. The van der Waals surface area contributed by atoms with Gasteiger partial charge < -0.3 is 15.0 Å². The lowest BCUT2D eigenvalue weighted by Gasteiger charge is -2.35. The van der Waals surface area contributed by atoms with Gasteiger partial charge in [0.05, 0.1) is 13.1 Å². The lowest BCUT2D eigenvalue weighted by Crippen LogP contribution is -2.48. The summed E-state index contributed by atoms with van der Waals surface area (Å²) < 4.78 is 44.1. The van der Waals surface area contributed by atoms with Crippen LogP contribution in [-0.4, -0.2) is 78.6 Å². The van der Waals surface area contributed by atoms with Gasteiger partial charge in [0.15, 0.2) is 0 Å². The molecule has 6 nitrogen and oxygen atoms in total. The van der Waals surface area contributed by atoms with Gasteiger partial charge in [0.25, 0.3) is 5.91 Å². The average molecular weight is 503 g/mol. The van der Waals surface area contributed by atoms with E-state index in [2.05, 4.69) is 16.3 Å². The van der Waals surface area contributed by atoms with Crippen LogP contribution in [0.25, 0.3) is 0 Å². The summed E-state index contributed by atoms with van der Waals surface area (Å²) in [7, 11) is 0. The van der Waals surface area contributed by atoms with Crippen molar-refractivity contribution in [2.75, 3.05) is 45.8 Å². The van der Waals surface area contributed by atoms with Crippen LogP contribution < -0.4 is 10.1 Å². The maximum absolute atomic E-state index is 13.0. The number of carbonyl (C=O) groups excluding carboxylic acids is 1. The standard InChI is InChI=1S/C27H33F3N4O2/c28-27(29,30)19-33-12-10-32(11-13-33)16-20-4-1-5-21(14-20)18-36-25-8-2-7-23-24(25)17-34(26(23)35)22-6-3-9-31-15-22/h1-2,4-5,7-8,14,22,31H,3,6,9-13,15-19H2. The largest absolute Gasteiger partial charge is 0.489 e. The molecule has 1 unspecified atom stereocenters. The van der Waals surface area contributed by atoms with Gasteiger partial charge in [0, 0.05) is 56.4 Å². The van der Waals surface area contributed by atoms with Crippen LogP contribution in [0.4, 0.5) is 13.2 Å². The highest BCUT2D eigenvalue weighted by molar-refractivity contribution is 5.99. The van der Waals surface area contributed by atoms with Crippen molar-refractivity contribution in [2.45, 2.75) is 44.8 Å². The van der Waals surface area contributed by atoms with Crippen LogP contribution in [0.5, 0.6) is 5.75 Å². The smallest absolute Gasteiger partial charge is 0.401 e. The van der Waals surface area contributed by atoms with Gasteiger partial charge in [-0.1, -0.05) is 30.3 Å². The minimum atomic E-state index is -4.14. The van der Waals surface area contributed by atoms with Gasteiger partial charge in [-0.05, 0) is 42.6 Å². The summed E-state index contributed by atoms with van der Waals surface area (Å²) >= 11 is 0. The highest BCUT2D eigenvalue weighted by atomic mass is 19.4. The van der Waals surface area contributed by atoms with Gasteiger partial charge in [0.2, 0.25) is 0 Å². The molecule has 36 heavy (non-hydrogen) atoms. The van der Waals surface area contributed by atoms with Gasteiger partial charge in [-0.3, -0.25) is 14.6 Å². The van der Waals surface area contributed by atoms with E-state index in [1.807, 2.05) is 41.3 Å². The van der Waals surface area contributed by atoms with Crippen LogP contribution in [0.2, 0.25) is 0 Å². The number of nitrogens with zero attached hydrogens (tertiary/aromatic N) is 3. The third-order valence-corrected chi connectivity index (χ3v) is 7.32. The Bertz CT molecular complexity index is 1060. The van der Waals surface area contributed by atoms with Gasteiger partial charge in [-0.2, -0.15) is 13.2 Å². The summed E-state index contributed by atoms with van der Waals surface area (Å²) in [6.45, 7) is 4.77. The molecule has 2 saturated heterocycles. The fraction of sp³-hybridized carbons (Fsp3) is 0.519. The number of nitrogens with one attached hydrogen (secondary N) is 1. The third kappa shape index (κ3) is 6.02. The van der Waals surface area contributed by atoms with Gasteiger partial charge in [0.1, 0.15) is 12.4 Å². The monoisotopic (exact) mass is 502 g/mol. The van der Waals surface area contributed by atoms with Crippen LogP contribution in [0.15, 0.2) is 42.5 Å². The highest BCUT2D eigenvalue weighted by Crippen LogP contribution is 2.33. The zero-order valence-electron chi connectivity index (χ0n) is 20.4. The number of ether oxygens (including phenoxy) is 1. The molecule has 0 bridgehead atoms. The predicted molar refractivity (Wildman–Crippen MR) is 131 cm³/mol. The molecule has 9 heteroatoms. The highest BCUT2D eigenvalue weighted by Gasteiger charge is 2.35. The normalized spacial score (nSPS) is 21.6. The number of alkyl halides is 3. The Hall–Kier alpha value is -2.62. The second-order valence-corrected chi connectivity index (χ2v) is 9.99. The number of benzene rings is 2. The Kier molecular flexibility index (Phi) is 7.50. The fourth-order valence-corrected chi connectivity index (χ4v) is 5.45. The summed E-state index contributed by atoms with van der Waals surface area (Å²) in [5.41, 5.74) is 3.83. The first-order valence-corrected chi connectivity index (χ1v) is 12.7. The second-order valence-electron chi connectivity index (χ2n) is 9.99. The van der Waals surface area contributed by atoms with Gasteiger partial charge in [-0.15, -0.1) is 0 Å². The van der Waals surface area contributed by atoms with Crippen LogP contribution in [0.3, 0.4) is 0 Å². The second kappa shape index (κ2) is 10.8. The summed E-state index contributed by atoms with van der Waals surface area (Å²) in [4.78, 5) is 18.7. The molecule has 0 spiro atoms. The summed E-state index contributed by atoms with van der Waals surface area (Å²) in [5, 5.41) is 3.39. The molecular formula is C27H33F3N4O2. The molecule has 3 aliphatic heterocycles. The van der Waals surface area contributed by atoms with Crippen LogP contribution in [0.1, 0.15) is 39.9 Å². The number of piperazine rings is 1. The molecule has 2 fully saturated rings. The Morgan fingerprint density at radius 1 is 1.00 bits per heavy atom. The molecule has 0 saturated carbocycles. The summed E-state index contributed by atoms with van der Waals surface area (Å²) in [6.07, 6.45) is -2.05. The molecule has 1 atom stereocenters. The minimum absolute atomic E-state index is 0.0847. The zero-order chi connectivity index (χ0) is 25.1. The molecule has 0 aromatic heterocycles. The number of piperidine rings is 1. The molecule has 194 valence electrons. The molecule has 0 aliphatic carbocycles. The van der Waals surface area contributed by atoms with E-state index in [-0.39, 0.29) is 11.9 Å². The van der Waals surface area contributed by atoms with E-state index in [4.69, 9.17) is 4.74 Å². The van der Waals surface area contributed by atoms with Gasteiger partial charge in [-0.25, -0.2) is 0 Å². The lowest BCUT2D eigenvalue weighted by atomic mass is 10.1. The SMILES string of the molecule is O=C1c2cccc(OCc3cccc(CN4CCN(CC(F)(F)F)CC4)c3)c2CN1C1CCCNC1. The Labute approximate surface area is 210 Å². The van der Waals surface area contributed by atoms with E-state index in [1.165, 1.54) is 4.90 Å². The van der Waals surface area contributed by atoms with E-state index in [1.54, 1.807) is 0 Å². The maximum Gasteiger partial charge on any atom is 0.401 e. The Morgan fingerprint density at radius 2 is 1.75 bits per heavy atom. The number of rotatable bonds is 7. The van der Waals surface area contributed by atoms with E-state index >= 15 is 0 Å². The van der Waals surface area contributed by atoms with Crippen molar-refractivity contribution in [3.05, 3.63) is 64.7 Å². The number of amides is 1. The number of hydrogen-bond donors (Lipinski definition) is 1. The topological polar surface area (TPSA) is 48.1 Å². The van der Waals surface area contributed by atoms with Crippen molar-refractivity contribution in [1.82, 2.24) is 20.0 Å². The third-order valence-electron chi connectivity index (χ3n) is 7.32. The minimum Gasteiger partial charge on any atom is -0.489 e. The Morgan fingerprint density at radius 3 is 2.50 bits per heavy atom. The molecule has 5 rings (SSSR count). The molecule has 1 N–H and O–H groups in total. The maximum atomic E-state index is 13.0. The molecule has 2 aromatic carbocycles. The number of carbonyl (C=O) groups is 1. The number of fused-ring (bicyclic) bond motifs is 1. The average Bonchev–Trinajstić information content (AvgIpc) is 3.21. The zero-order valence-corrected chi connectivity index (χ0v) is 20.4. The first kappa shape index (κ1) is 25.0. The van der Waals surface area contributed by atoms with Gasteiger partial charge >= 0.3 is 6.18 Å². The fourth-order valence-electron chi connectivity index (χ4n) is 5.45. The van der Waals surface area contributed by atoms with E-state index in [9.17, 15) is 18.0 Å². The number of halogens is 3. The summed E-state index contributed by atoms with van der Waals surface area (Å²) in [5.74, 6) is 0.833. The quantitative estimate of drug-likeness (QED) is 0.627. The first-order valence-electron chi connectivity index (χ1n) is 12.7. The lowest BCUT2D eigenvalue weighted by molar-refractivity contribution is -0.149. The van der Waals surface area contributed by atoms with Crippen molar-refractivity contribution in [3.8, 4) is 5.75 Å².